The minimum Gasteiger partial charge on any atom is -0.870 e. The van der Waals surface area contributed by atoms with Crippen molar-refractivity contribution < 1.29 is 161 Å². The summed E-state index contributed by atoms with van der Waals surface area (Å²) in [6.45, 7) is 3.27. The van der Waals surface area contributed by atoms with E-state index in [0.717, 1.165) is 70.6 Å². The Morgan fingerprint density at radius 2 is 0.800 bits per heavy atom. The van der Waals surface area contributed by atoms with E-state index >= 15 is 0 Å². The van der Waals surface area contributed by atoms with Crippen molar-refractivity contribution in [1.29, 1.82) is 0 Å². The van der Waals surface area contributed by atoms with Crippen LogP contribution >= 0.6 is 0 Å². The van der Waals surface area contributed by atoms with Crippen molar-refractivity contribution in [2.75, 3.05) is 13.2 Å². The minimum atomic E-state index is -1.40. The molecule has 0 radical (unpaired) electrons. The van der Waals surface area contributed by atoms with Gasteiger partial charge in [0.05, 0.1) is 24.4 Å². The van der Waals surface area contributed by atoms with Gasteiger partial charge in [-0.15, -0.1) is 0 Å². The molecule has 0 aliphatic rings. The monoisotopic (exact) mass is 1070 g/mol. The van der Waals surface area contributed by atoms with Crippen LogP contribution in [-0.4, -0.2) is 162 Å². The van der Waals surface area contributed by atoms with E-state index in [1.165, 1.54) is 6.42 Å². The Labute approximate surface area is 463 Å². The van der Waals surface area contributed by atoms with Crippen LogP contribution in [0.2, 0.25) is 0 Å². The summed E-state index contributed by atoms with van der Waals surface area (Å²) in [6.07, 6.45) is 10.4. The zero-order valence-corrected chi connectivity index (χ0v) is 44.4. The Bertz CT molecular complexity index is 1450. The topological polar surface area (TPSA) is 443 Å². The third-order valence-corrected chi connectivity index (χ3v) is 10.1. The second-order valence-corrected chi connectivity index (χ2v) is 16.8. The fraction of sp³-hybridized carbons (Fsp3) is 0.792. The molecule has 27 heteroatoms. The van der Waals surface area contributed by atoms with Crippen molar-refractivity contribution in [3.05, 3.63) is 0 Å². The molecule has 0 spiro atoms. The summed E-state index contributed by atoms with van der Waals surface area (Å²) < 4.78 is 18.2. The van der Waals surface area contributed by atoms with E-state index in [9.17, 15) is 73.5 Å². The van der Waals surface area contributed by atoms with Crippen LogP contribution in [0.1, 0.15) is 194 Å². The van der Waals surface area contributed by atoms with Crippen LogP contribution in [0.5, 0.6) is 0 Å². The maximum absolute atomic E-state index is 12.0. The summed E-state index contributed by atoms with van der Waals surface area (Å²) >= 11 is 0. The number of esters is 2. The summed E-state index contributed by atoms with van der Waals surface area (Å²) in [5.74, 6) is -9.04. The standard InChI is InChI=1S/C24H40O11.C18H36O5.2C3H4O4.2Li.H2O/c1-2-3-4-8-11-17(25)14-19(35-24(33)16-22(30)31)18(34-23(32)15-21(28)29)12-9-6-5-7-10-13-20(26)27;1-2-3-4-8-11-15(19)14-17(21)16(20)12-9-6-5-7-10-13-18(22)23;2*4-2-7-1-3(5)6;;;/h17-19,25H,2-16H2,1H3,(H,26,27)(H,28,29)(H,30,31);15-17,19-21H,2-14H2,1H3,(H,22,23);2*2H,1H2,(H,5,6);;;1H2/q;;;;2*+1;/p-2. The molecule has 0 aromatic rings. The summed E-state index contributed by atoms with van der Waals surface area (Å²) in [5, 5.41) is 92.4. The van der Waals surface area contributed by atoms with Crippen molar-refractivity contribution in [2.24, 2.45) is 0 Å². The van der Waals surface area contributed by atoms with Gasteiger partial charge in [-0.1, -0.05) is 110 Å². The van der Waals surface area contributed by atoms with Gasteiger partial charge in [0.25, 0.3) is 12.9 Å². The molecular formula is C48H84Li2O25. The first kappa shape index (κ1) is 84.6. The predicted octanol–water partition coefficient (Wildman–Crippen LogP) is -2.47. The van der Waals surface area contributed by atoms with E-state index in [2.05, 4.69) is 16.4 Å². The third-order valence-electron chi connectivity index (χ3n) is 10.1. The molecule has 25 nitrogen and oxygen atoms in total. The van der Waals surface area contributed by atoms with Gasteiger partial charge in [-0.2, -0.15) is 0 Å². The van der Waals surface area contributed by atoms with Gasteiger partial charge in [0, 0.05) is 25.2 Å². The van der Waals surface area contributed by atoms with Gasteiger partial charge in [-0.25, -0.2) is 9.59 Å². The molecule has 0 amide bonds. The Kier molecular flexibility index (Phi) is 68.3. The van der Waals surface area contributed by atoms with E-state index < -0.39 is 110 Å². The molecule has 428 valence electrons. The molecule has 75 heavy (non-hydrogen) atoms. The number of hydrogen-bond donors (Lipinski definition) is 9. The van der Waals surface area contributed by atoms with Crippen molar-refractivity contribution in [3.63, 3.8) is 0 Å². The van der Waals surface area contributed by atoms with E-state index in [1.807, 2.05) is 6.92 Å². The van der Waals surface area contributed by atoms with Crippen LogP contribution < -0.4 is 42.8 Å². The summed E-state index contributed by atoms with van der Waals surface area (Å²) in [6, 6.07) is 0. The van der Waals surface area contributed by atoms with E-state index in [0.29, 0.717) is 57.8 Å². The van der Waals surface area contributed by atoms with E-state index in [4.69, 9.17) is 35.0 Å². The fourth-order valence-electron chi connectivity index (χ4n) is 6.53. The quantitative estimate of drug-likeness (QED) is 0.00762. The van der Waals surface area contributed by atoms with Crippen molar-refractivity contribution in [2.45, 2.75) is 230 Å². The molecule has 0 saturated carbocycles. The minimum absolute atomic E-state index is 0. The molecule has 0 aromatic carbocycles. The first-order valence-corrected chi connectivity index (χ1v) is 24.6. The predicted molar refractivity (Wildman–Crippen MR) is 254 cm³/mol. The van der Waals surface area contributed by atoms with Crippen molar-refractivity contribution in [1.82, 2.24) is 0 Å². The second kappa shape index (κ2) is 60.6. The SMILES string of the molecule is CCCCCCC(O)CC(O)C(O)CCCCCCCC(=O)O.CCCCCCC(O)CC(OC(=O)CC(=O)O)C(CCCCCCCC(=O)[O-])OC(=O)CC(=O)O.O=COCC(=O)O.O=COCC(=O)O.[Li+].[Li+].[OH-]. The maximum Gasteiger partial charge on any atom is 1.00 e. The molecule has 0 aliphatic carbocycles. The normalized spacial score (nSPS) is 12.3. The van der Waals surface area contributed by atoms with Crippen LogP contribution in [0.4, 0.5) is 0 Å². The van der Waals surface area contributed by atoms with Crippen LogP contribution in [-0.2, 0) is 66.9 Å². The smallest absolute Gasteiger partial charge is 0.870 e. The number of carbonyl (C=O) groups excluding carboxylic acids is 5. The maximum atomic E-state index is 12.0. The first-order valence-electron chi connectivity index (χ1n) is 24.6. The molecule has 6 unspecified atom stereocenters. The fourth-order valence-corrected chi connectivity index (χ4v) is 6.53. The number of rotatable bonds is 44. The van der Waals surface area contributed by atoms with E-state index in [-0.39, 0.29) is 88.2 Å². The summed E-state index contributed by atoms with van der Waals surface area (Å²) in [5.41, 5.74) is 0. The first-order chi connectivity index (χ1) is 34.1. The summed E-state index contributed by atoms with van der Waals surface area (Å²) in [7, 11) is 0. The molecule has 6 atom stereocenters. The van der Waals surface area contributed by atoms with Gasteiger partial charge >= 0.3 is 79.5 Å². The Morgan fingerprint density at radius 3 is 1.17 bits per heavy atom. The molecule has 0 aromatic heterocycles. The number of aliphatic hydroxyl groups excluding tert-OH is 4. The van der Waals surface area contributed by atoms with Crippen LogP contribution in [0.25, 0.3) is 0 Å². The number of carboxylic acid groups (broad SMARTS) is 6. The second-order valence-electron chi connectivity index (χ2n) is 16.8. The van der Waals surface area contributed by atoms with Gasteiger partial charge < -0.3 is 80.3 Å². The molecule has 0 heterocycles. The number of carbonyl (C=O) groups is 10. The number of aliphatic carboxylic acids is 6. The molecule has 0 aliphatic heterocycles. The Morgan fingerprint density at radius 1 is 0.440 bits per heavy atom. The molecule has 0 bridgehead atoms. The van der Waals surface area contributed by atoms with Gasteiger partial charge in [0.2, 0.25) is 0 Å². The van der Waals surface area contributed by atoms with Crippen LogP contribution in [0.15, 0.2) is 0 Å². The summed E-state index contributed by atoms with van der Waals surface area (Å²) in [4.78, 5) is 104. The Balaban J connectivity index is -0.000000197. The number of aliphatic hydroxyl groups is 4. The van der Waals surface area contributed by atoms with Gasteiger partial charge in [-0.05, 0) is 51.4 Å². The Hall–Kier alpha value is -4.31. The number of carboxylic acids is 6. The molecular weight excluding hydrogens is 990 g/mol. The largest absolute Gasteiger partial charge is 1.00 e. The van der Waals surface area contributed by atoms with Gasteiger partial charge in [0.1, 0.15) is 25.0 Å². The van der Waals surface area contributed by atoms with Crippen molar-refractivity contribution in [3.8, 4) is 0 Å². The number of hydrogen-bond acceptors (Lipinski definition) is 20. The van der Waals surface area contributed by atoms with Gasteiger partial charge in [-0.3, -0.25) is 33.6 Å². The van der Waals surface area contributed by atoms with Gasteiger partial charge in [0.15, 0.2) is 13.2 Å². The zero-order chi connectivity index (χ0) is 55.5. The number of unbranched alkanes of at least 4 members (excludes halogenated alkanes) is 14. The van der Waals surface area contributed by atoms with Crippen molar-refractivity contribution >= 4 is 60.7 Å². The van der Waals surface area contributed by atoms with Crippen LogP contribution in [0, 0.1) is 0 Å². The third kappa shape index (κ3) is 69.7. The van der Waals surface area contributed by atoms with Crippen LogP contribution in [0.3, 0.4) is 0 Å². The number of ether oxygens (including phenoxy) is 4. The zero-order valence-electron chi connectivity index (χ0n) is 44.4. The average Bonchev–Trinajstić information content (AvgIpc) is 3.29. The molecule has 0 saturated heterocycles. The van der Waals surface area contributed by atoms with E-state index in [1.54, 1.807) is 0 Å². The molecule has 10 N–H and O–H groups in total. The average molecular weight is 1080 g/mol. The molecule has 0 rings (SSSR count). The molecule has 0 fully saturated rings.